The van der Waals surface area contributed by atoms with Gasteiger partial charge in [-0.25, -0.2) is 0 Å². The number of nitrogens with one attached hydrogen (secondary N) is 1. The van der Waals surface area contributed by atoms with Crippen LogP contribution in [0.2, 0.25) is 0 Å². The SMILES string of the molecule is COc1ccc(C(=O)Nc2ccc(C)c(C)c2)cc1OC(F)F. The van der Waals surface area contributed by atoms with Crippen LogP contribution in [0.3, 0.4) is 0 Å². The fourth-order valence-electron chi connectivity index (χ4n) is 2.03. The van der Waals surface area contributed by atoms with Gasteiger partial charge in [-0.3, -0.25) is 4.79 Å². The van der Waals surface area contributed by atoms with Crippen LogP contribution in [0.5, 0.6) is 11.5 Å². The highest BCUT2D eigenvalue weighted by Crippen LogP contribution is 2.29. The van der Waals surface area contributed by atoms with Crippen LogP contribution in [0.1, 0.15) is 21.5 Å². The molecule has 0 aliphatic heterocycles. The summed E-state index contributed by atoms with van der Waals surface area (Å²) < 4.78 is 34.2. The van der Waals surface area contributed by atoms with Crippen molar-refractivity contribution in [3.05, 3.63) is 53.1 Å². The van der Waals surface area contributed by atoms with Crippen molar-refractivity contribution in [2.24, 2.45) is 0 Å². The molecule has 6 heteroatoms. The molecule has 1 N–H and O–H groups in total. The van der Waals surface area contributed by atoms with Crippen molar-refractivity contribution in [3.8, 4) is 11.5 Å². The monoisotopic (exact) mass is 321 g/mol. The maximum atomic E-state index is 12.4. The number of aryl methyl sites for hydroxylation is 2. The van der Waals surface area contributed by atoms with E-state index in [1.807, 2.05) is 26.0 Å². The van der Waals surface area contributed by atoms with Gasteiger partial charge in [0.05, 0.1) is 7.11 Å². The van der Waals surface area contributed by atoms with Crippen molar-refractivity contribution in [2.75, 3.05) is 12.4 Å². The summed E-state index contributed by atoms with van der Waals surface area (Å²) in [7, 11) is 1.34. The lowest BCUT2D eigenvalue weighted by atomic mass is 10.1. The molecule has 0 aliphatic rings. The van der Waals surface area contributed by atoms with Gasteiger partial charge in [0.1, 0.15) is 0 Å². The lowest BCUT2D eigenvalue weighted by Crippen LogP contribution is -2.13. The third-order valence-electron chi connectivity index (χ3n) is 3.41. The Bertz CT molecular complexity index is 717. The van der Waals surface area contributed by atoms with Gasteiger partial charge in [-0.15, -0.1) is 0 Å². The van der Waals surface area contributed by atoms with E-state index in [1.165, 1.54) is 25.3 Å². The number of carbonyl (C=O) groups is 1. The van der Waals surface area contributed by atoms with Crippen molar-refractivity contribution in [3.63, 3.8) is 0 Å². The molecule has 0 saturated carbocycles. The average Bonchev–Trinajstić information content (AvgIpc) is 2.50. The maximum absolute atomic E-state index is 12.4. The average molecular weight is 321 g/mol. The van der Waals surface area contributed by atoms with Crippen LogP contribution >= 0.6 is 0 Å². The van der Waals surface area contributed by atoms with E-state index in [-0.39, 0.29) is 17.1 Å². The fourth-order valence-corrected chi connectivity index (χ4v) is 2.03. The molecule has 0 saturated heterocycles. The Labute approximate surface area is 133 Å². The second kappa shape index (κ2) is 7.09. The number of alkyl halides is 2. The summed E-state index contributed by atoms with van der Waals surface area (Å²) in [6.45, 7) is 0.910. The molecule has 23 heavy (non-hydrogen) atoms. The van der Waals surface area contributed by atoms with E-state index in [9.17, 15) is 13.6 Å². The number of carbonyl (C=O) groups excluding carboxylic acids is 1. The fraction of sp³-hybridized carbons (Fsp3) is 0.235. The third kappa shape index (κ3) is 4.18. The Morgan fingerprint density at radius 2 is 1.78 bits per heavy atom. The van der Waals surface area contributed by atoms with E-state index in [4.69, 9.17) is 4.74 Å². The molecule has 2 aromatic rings. The van der Waals surface area contributed by atoms with Gasteiger partial charge < -0.3 is 14.8 Å². The van der Waals surface area contributed by atoms with Crippen molar-refractivity contribution < 1.29 is 23.0 Å². The van der Waals surface area contributed by atoms with E-state index < -0.39 is 12.5 Å². The smallest absolute Gasteiger partial charge is 0.387 e. The molecule has 0 unspecified atom stereocenters. The summed E-state index contributed by atoms with van der Waals surface area (Å²) in [4.78, 5) is 12.3. The summed E-state index contributed by atoms with van der Waals surface area (Å²) in [5.74, 6) is -0.474. The van der Waals surface area contributed by atoms with Gasteiger partial charge in [-0.2, -0.15) is 8.78 Å². The van der Waals surface area contributed by atoms with Crippen LogP contribution in [-0.4, -0.2) is 19.6 Å². The van der Waals surface area contributed by atoms with E-state index in [1.54, 1.807) is 6.07 Å². The first-order chi connectivity index (χ1) is 10.9. The van der Waals surface area contributed by atoms with Crippen LogP contribution in [0.15, 0.2) is 36.4 Å². The third-order valence-corrected chi connectivity index (χ3v) is 3.41. The predicted octanol–water partition coefficient (Wildman–Crippen LogP) is 4.17. The number of hydrogen-bond donors (Lipinski definition) is 1. The molecule has 122 valence electrons. The lowest BCUT2D eigenvalue weighted by molar-refractivity contribution is -0.0512. The van der Waals surface area contributed by atoms with Crippen LogP contribution in [-0.2, 0) is 0 Å². The number of methoxy groups -OCH3 is 1. The molecular formula is C17H17F2NO3. The first-order valence-electron chi connectivity index (χ1n) is 6.92. The molecule has 0 spiro atoms. The molecular weight excluding hydrogens is 304 g/mol. The molecule has 2 aromatic carbocycles. The number of hydrogen-bond acceptors (Lipinski definition) is 3. The number of benzene rings is 2. The van der Waals surface area contributed by atoms with Crippen molar-refractivity contribution >= 4 is 11.6 Å². The van der Waals surface area contributed by atoms with Crippen LogP contribution in [0.25, 0.3) is 0 Å². The summed E-state index contributed by atoms with van der Waals surface area (Å²) in [6.07, 6.45) is 0. The topological polar surface area (TPSA) is 47.6 Å². The Kier molecular flexibility index (Phi) is 5.16. The van der Waals surface area contributed by atoms with E-state index in [0.29, 0.717) is 5.69 Å². The summed E-state index contributed by atoms with van der Waals surface area (Å²) >= 11 is 0. The first kappa shape index (κ1) is 16.7. The quantitative estimate of drug-likeness (QED) is 0.899. The Morgan fingerprint density at radius 1 is 1.04 bits per heavy atom. The molecule has 4 nitrogen and oxygen atoms in total. The van der Waals surface area contributed by atoms with Crippen molar-refractivity contribution in [2.45, 2.75) is 20.5 Å². The minimum absolute atomic E-state index is 0.132. The Hall–Kier alpha value is -2.63. The van der Waals surface area contributed by atoms with Gasteiger partial charge in [0.15, 0.2) is 11.5 Å². The molecule has 0 heterocycles. The van der Waals surface area contributed by atoms with E-state index in [0.717, 1.165) is 11.1 Å². The number of amides is 1. The second-order valence-electron chi connectivity index (χ2n) is 5.00. The molecule has 0 atom stereocenters. The summed E-state index contributed by atoms with van der Waals surface area (Å²) in [5, 5.41) is 2.72. The minimum Gasteiger partial charge on any atom is -0.493 e. The number of halogens is 2. The predicted molar refractivity (Wildman–Crippen MR) is 83.5 cm³/mol. The summed E-state index contributed by atoms with van der Waals surface area (Å²) in [5.41, 5.74) is 2.98. The van der Waals surface area contributed by atoms with Gasteiger partial charge in [-0.05, 0) is 55.3 Å². The normalized spacial score (nSPS) is 10.5. The highest BCUT2D eigenvalue weighted by atomic mass is 19.3. The zero-order chi connectivity index (χ0) is 17.0. The zero-order valence-corrected chi connectivity index (χ0v) is 13.0. The van der Waals surface area contributed by atoms with Gasteiger partial charge in [0.25, 0.3) is 5.91 Å². The van der Waals surface area contributed by atoms with Gasteiger partial charge in [-0.1, -0.05) is 6.07 Å². The molecule has 0 bridgehead atoms. The minimum atomic E-state index is -3.00. The van der Waals surface area contributed by atoms with Crippen LogP contribution < -0.4 is 14.8 Å². The van der Waals surface area contributed by atoms with Gasteiger partial charge in [0, 0.05) is 11.3 Å². The second-order valence-corrected chi connectivity index (χ2v) is 5.00. The highest BCUT2D eigenvalue weighted by Gasteiger charge is 2.15. The largest absolute Gasteiger partial charge is 0.493 e. The lowest BCUT2D eigenvalue weighted by Gasteiger charge is -2.12. The Balaban J connectivity index is 2.23. The zero-order valence-electron chi connectivity index (χ0n) is 13.0. The van der Waals surface area contributed by atoms with Crippen LogP contribution in [0, 0.1) is 13.8 Å². The molecule has 0 aromatic heterocycles. The van der Waals surface area contributed by atoms with Crippen molar-refractivity contribution in [1.29, 1.82) is 0 Å². The molecule has 1 amide bonds. The number of rotatable bonds is 5. The van der Waals surface area contributed by atoms with Gasteiger partial charge in [0.2, 0.25) is 0 Å². The van der Waals surface area contributed by atoms with Crippen molar-refractivity contribution in [1.82, 2.24) is 0 Å². The Morgan fingerprint density at radius 3 is 2.39 bits per heavy atom. The highest BCUT2D eigenvalue weighted by molar-refractivity contribution is 6.04. The summed E-state index contributed by atoms with van der Waals surface area (Å²) in [6, 6.07) is 9.62. The molecule has 0 fully saturated rings. The molecule has 0 radical (unpaired) electrons. The molecule has 0 aliphatic carbocycles. The first-order valence-corrected chi connectivity index (χ1v) is 6.92. The van der Waals surface area contributed by atoms with E-state index in [2.05, 4.69) is 10.1 Å². The standard InChI is InChI=1S/C17H17F2NO3/c1-10-4-6-13(8-11(10)2)20-16(21)12-5-7-14(22-3)15(9-12)23-17(18)19/h4-9,17H,1-3H3,(H,20,21). The van der Waals surface area contributed by atoms with Gasteiger partial charge >= 0.3 is 6.61 Å². The van der Waals surface area contributed by atoms with E-state index >= 15 is 0 Å². The van der Waals surface area contributed by atoms with Crippen LogP contribution in [0.4, 0.5) is 14.5 Å². The number of ether oxygens (including phenoxy) is 2. The number of anilines is 1. The maximum Gasteiger partial charge on any atom is 0.387 e. The molecule has 2 rings (SSSR count).